The van der Waals surface area contributed by atoms with E-state index in [4.69, 9.17) is 9.97 Å². The Bertz CT molecular complexity index is 821. The lowest BCUT2D eigenvalue weighted by Gasteiger charge is -2.35. The van der Waals surface area contributed by atoms with Gasteiger partial charge in [0.05, 0.1) is 5.92 Å². The molecule has 1 aliphatic carbocycles. The van der Waals surface area contributed by atoms with Crippen molar-refractivity contribution in [3.8, 4) is 11.4 Å². The summed E-state index contributed by atoms with van der Waals surface area (Å²) in [6, 6.07) is 10.2. The SMILES string of the molecule is CCN(C)C(=O)C1CCCN(c2nc(-c3ccccc3)nc3c2CCC3)C1. The molecule has 1 aromatic heterocycles. The fourth-order valence-corrected chi connectivity index (χ4v) is 4.23. The van der Waals surface area contributed by atoms with Crippen LogP contribution in [0.5, 0.6) is 0 Å². The maximum atomic E-state index is 12.7. The zero-order valence-electron chi connectivity index (χ0n) is 16.3. The topological polar surface area (TPSA) is 49.3 Å². The standard InChI is InChI=1S/C22H28N4O/c1-3-25(2)22(27)17-11-8-14-26(15-17)21-18-12-7-13-19(18)23-20(24-21)16-9-5-4-6-10-16/h4-6,9-10,17H,3,7-8,11-15H2,1-2H3. The van der Waals surface area contributed by atoms with E-state index in [9.17, 15) is 4.79 Å². The lowest BCUT2D eigenvalue weighted by molar-refractivity contribution is -0.134. The second-order valence-electron chi connectivity index (χ2n) is 7.65. The number of rotatable bonds is 4. The number of anilines is 1. The first-order chi connectivity index (χ1) is 13.2. The van der Waals surface area contributed by atoms with Crippen LogP contribution in [0.25, 0.3) is 11.4 Å². The van der Waals surface area contributed by atoms with Crippen molar-refractivity contribution in [2.24, 2.45) is 5.92 Å². The third-order valence-electron chi connectivity index (χ3n) is 5.86. The van der Waals surface area contributed by atoms with E-state index in [1.54, 1.807) is 0 Å². The van der Waals surface area contributed by atoms with Gasteiger partial charge < -0.3 is 9.80 Å². The molecule has 1 unspecified atom stereocenters. The van der Waals surface area contributed by atoms with Crippen molar-refractivity contribution < 1.29 is 4.79 Å². The molecule has 0 radical (unpaired) electrons. The van der Waals surface area contributed by atoms with Crippen molar-refractivity contribution in [2.45, 2.75) is 39.0 Å². The number of benzene rings is 1. The van der Waals surface area contributed by atoms with Gasteiger partial charge in [-0.15, -0.1) is 0 Å². The minimum Gasteiger partial charge on any atom is -0.355 e. The molecule has 2 aromatic rings. The number of hydrogen-bond acceptors (Lipinski definition) is 4. The molecule has 0 bridgehead atoms. The lowest BCUT2D eigenvalue weighted by Crippen LogP contribution is -2.44. The van der Waals surface area contributed by atoms with Crippen molar-refractivity contribution >= 4 is 11.7 Å². The number of piperidine rings is 1. The molecule has 1 fully saturated rings. The van der Waals surface area contributed by atoms with Gasteiger partial charge in [0, 0.05) is 43.5 Å². The second-order valence-corrected chi connectivity index (χ2v) is 7.65. The molecule has 0 N–H and O–H groups in total. The Kier molecular flexibility index (Phi) is 5.10. The fourth-order valence-electron chi connectivity index (χ4n) is 4.23. The number of nitrogens with zero attached hydrogens (tertiary/aromatic N) is 4. The van der Waals surface area contributed by atoms with Crippen LogP contribution in [0, 0.1) is 5.92 Å². The van der Waals surface area contributed by atoms with Crippen LogP contribution in [0.15, 0.2) is 30.3 Å². The summed E-state index contributed by atoms with van der Waals surface area (Å²) < 4.78 is 0. The fraction of sp³-hybridized carbons (Fsp3) is 0.500. The predicted octanol–water partition coefficient (Wildman–Crippen LogP) is 3.33. The molecule has 27 heavy (non-hydrogen) atoms. The van der Waals surface area contributed by atoms with Gasteiger partial charge in [0.2, 0.25) is 5.91 Å². The first kappa shape index (κ1) is 18.0. The van der Waals surface area contributed by atoms with Crippen LogP contribution in [0.2, 0.25) is 0 Å². The maximum absolute atomic E-state index is 12.7. The molecular formula is C22H28N4O. The van der Waals surface area contributed by atoms with Crippen molar-refractivity contribution in [1.82, 2.24) is 14.9 Å². The van der Waals surface area contributed by atoms with Crippen LogP contribution in [-0.2, 0) is 17.6 Å². The number of hydrogen-bond donors (Lipinski definition) is 0. The largest absolute Gasteiger partial charge is 0.355 e. The molecule has 142 valence electrons. The molecule has 1 aromatic carbocycles. The van der Waals surface area contributed by atoms with Crippen LogP contribution in [0.4, 0.5) is 5.82 Å². The summed E-state index contributed by atoms with van der Waals surface area (Å²) in [5.41, 5.74) is 3.55. The Morgan fingerprint density at radius 3 is 2.78 bits per heavy atom. The zero-order chi connectivity index (χ0) is 18.8. The van der Waals surface area contributed by atoms with Crippen LogP contribution in [0.1, 0.15) is 37.4 Å². The molecule has 2 aliphatic rings. The quantitative estimate of drug-likeness (QED) is 0.835. The van der Waals surface area contributed by atoms with Crippen molar-refractivity contribution in [3.05, 3.63) is 41.6 Å². The number of carbonyl (C=O) groups is 1. The Labute approximate surface area is 161 Å². The van der Waals surface area contributed by atoms with Gasteiger partial charge in [-0.3, -0.25) is 4.79 Å². The molecule has 5 nitrogen and oxygen atoms in total. The smallest absolute Gasteiger partial charge is 0.227 e. The molecular weight excluding hydrogens is 336 g/mol. The third-order valence-corrected chi connectivity index (χ3v) is 5.86. The number of carbonyl (C=O) groups excluding carboxylic acids is 1. The van der Waals surface area contributed by atoms with Crippen LogP contribution >= 0.6 is 0 Å². The highest BCUT2D eigenvalue weighted by molar-refractivity contribution is 5.79. The van der Waals surface area contributed by atoms with Crippen LogP contribution < -0.4 is 4.90 Å². The molecule has 2 heterocycles. The highest BCUT2D eigenvalue weighted by Crippen LogP contribution is 2.33. The first-order valence-corrected chi connectivity index (χ1v) is 10.1. The van der Waals surface area contributed by atoms with E-state index >= 15 is 0 Å². The number of aryl methyl sites for hydroxylation is 1. The van der Waals surface area contributed by atoms with E-state index in [0.29, 0.717) is 0 Å². The van der Waals surface area contributed by atoms with Gasteiger partial charge in [0.15, 0.2) is 5.82 Å². The van der Waals surface area contributed by atoms with Crippen molar-refractivity contribution in [2.75, 3.05) is 31.6 Å². The minimum atomic E-state index is 0.0656. The van der Waals surface area contributed by atoms with Gasteiger partial charge in [0.1, 0.15) is 5.82 Å². The maximum Gasteiger partial charge on any atom is 0.227 e. The van der Waals surface area contributed by atoms with Crippen LogP contribution in [-0.4, -0.2) is 47.5 Å². The van der Waals surface area contributed by atoms with E-state index in [2.05, 4.69) is 17.0 Å². The van der Waals surface area contributed by atoms with Gasteiger partial charge in [-0.05, 0) is 39.0 Å². The summed E-state index contributed by atoms with van der Waals surface area (Å²) in [6.45, 7) is 4.52. The van der Waals surface area contributed by atoms with Gasteiger partial charge in [-0.2, -0.15) is 0 Å². The van der Waals surface area contributed by atoms with Crippen LogP contribution in [0.3, 0.4) is 0 Å². The Hall–Kier alpha value is -2.43. The minimum absolute atomic E-state index is 0.0656. The molecule has 0 spiro atoms. The Morgan fingerprint density at radius 1 is 1.19 bits per heavy atom. The summed E-state index contributed by atoms with van der Waals surface area (Å²) in [6.07, 6.45) is 5.22. The summed E-state index contributed by atoms with van der Waals surface area (Å²) in [4.78, 5) is 26.7. The van der Waals surface area contributed by atoms with Gasteiger partial charge in [0.25, 0.3) is 0 Å². The average molecular weight is 364 g/mol. The highest BCUT2D eigenvalue weighted by atomic mass is 16.2. The molecule has 1 aliphatic heterocycles. The third kappa shape index (κ3) is 3.55. The predicted molar refractivity (Wildman–Crippen MR) is 108 cm³/mol. The first-order valence-electron chi connectivity index (χ1n) is 10.1. The van der Waals surface area contributed by atoms with Gasteiger partial charge in [-0.25, -0.2) is 9.97 Å². The van der Waals surface area contributed by atoms with E-state index in [0.717, 1.165) is 68.9 Å². The van der Waals surface area contributed by atoms with Crippen molar-refractivity contribution in [3.63, 3.8) is 0 Å². The van der Waals surface area contributed by atoms with E-state index in [-0.39, 0.29) is 11.8 Å². The van der Waals surface area contributed by atoms with Crippen molar-refractivity contribution in [1.29, 1.82) is 0 Å². The second kappa shape index (κ2) is 7.67. The number of fused-ring (bicyclic) bond motifs is 1. The van der Waals surface area contributed by atoms with Gasteiger partial charge >= 0.3 is 0 Å². The zero-order valence-corrected chi connectivity index (χ0v) is 16.3. The molecule has 5 heteroatoms. The molecule has 1 amide bonds. The summed E-state index contributed by atoms with van der Waals surface area (Å²) in [7, 11) is 1.90. The highest BCUT2D eigenvalue weighted by Gasteiger charge is 2.31. The Morgan fingerprint density at radius 2 is 2.00 bits per heavy atom. The summed E-state index contributed by atoms with van der Waals surface area (Å²) in [5.74, 6) is 2.20. The van der Waals surface area contributed by atoms with Gasteiger partial charge in [-0.1, -0.05) is 30.3 Å². The summed E-state index contributed by atoms with van der Waals surface area (Å²) in [5, 5.41) is 0. The number of amides is 1. The van der Waals surface area contributed by atoms with E-state index < -0.39 is 0 Å². The summed E-state index contributed by atoms with van der Waals surface area (Å²) >= 11 is 0. The lowest BCUT2D eigenvalue weighted by atomic mass is 9.96. The molecule has 0 saturated carbocycles. The molecule has 1 atom stereocenters. The number of aromatic nitrogens is 2. The van der Waals surface area contributed by atoms with E-state index in [1.165, 1.54) is 11.3 Å². The van der Waals surface area contributed by atoms with E-state index in [1.807, 2.05) is 37.1 Å². The normalized spacial score (nSPS) is 19.0. The monoisotopic (exact) mass is 364 g/mol. The molecule has 1 saturated heterocycles. The Balaban J connectivity index is 1.66. The average Bonchev–Trinajstić information content (AvgIpc) is 3.21. The molecule has 4 rings (SSSR count).